The maximum atomic E-state index is 3.85. The second-order valence-electron chi connectivity index (χ2n) is 8.48. The average molecular weight is 349 g/mol. The molecule has 0 unspecified atom stereocenters. The first-order valence-electron chi connectivity index (χ1n) is 9.59. The summed E-state index contributed by atoms with van der Waals surface area (Å²) < 4.78 is 0. The van der Waals surface area contributed by atoms with Crippen LogP contribution in [0.15, 0.2) is 55.6 Å². The molecule has 0 spiro atoms. The van der Waals surface area contributed by atoms with E-state index in [4.69, 9.17) is 0 Å². The Morgan fingerprint density at radius 2 is 1.35 bits per heavy atom. The fraction of sp³-hybridized carbons (Fsp3) is 0.385. The SMILES string of the molecule is C=Cc1ccc(C(C)(C)C)cc1.C=Cc1ccc(C(C)C)cc1C(C)C. The summed E-state index contributed by atoms with van der Waals surface area (Å²) in [7, 11) is 0. The van der Waals surface area contributed by atoms with Crippen LogP contribution in [-0.2, 0) is 5.41 Å². The molecule has 0 saturated carbocycles. The Labute approximate surface area is 161 Å². The maximum absolute atomic E-state index is 3.85. The maximum Gasteiger partial charge on any atom is -0.0132 e. The Morgan fingerprint density at radius 3 is 1.73 bits per heavy atom. The van der Waals surface area contributed by atoms with Gasteiger partial charge in [-0.05, 0) is 45.1 Å². The smallest absolute Gasteiger partial charge is 0.0132 e. The van der Waals surface area contributed by atoms with E-state index in [0.29, 0.717) is 11.8 Å². The summed E-state index contributed by atoms with van der Waals surface area (Å²) in [5.74, 6) is 1.17. The van der Waals surface area contributed by atoms with Gasteiger partial charge in [-0.3, -0.25) is 0 Å². The molecule has 2 aromatic rings. The Hall–Kier alpha value is -2.08. The van der Waals surface area contributed by atoms with Crippen molar-refractivity contribution in [1.29, 1.82) is 0 Å². The molecule has 0 heteroatoms. The van der Waals surface area contributed by atoms with Crippen LogP contribution in [0.5, 0.6) is 0 Å². The lowest BCUT2D eigenvalue weighted by Crippen LogP contribution is -2.10. The molecule has 2 rings (SSSR count). The Balaban J connectivity index is 0.000000263. The predicted molar refractivity (Wildman–Crippen MR) is 120 cm³/mol. The summed E-state index contributed by atoms with van der Waals surface area (Å²) in [4.78, 5) is 0. The highest BCUT2D eigenvalue weighted by Crippen LogP contribution is 2.25. The molecule has 0 N–H and O–H groups in total. The molecule has 0 fully saturated rings. The summed E-state index contributed by atoms with van der Waals surface area (Å²) in [5.41, 5.74) is 6.89. The minimum Gasteiger partial charge on any atom is -0.0985 e. The molecule has 0 amide bonds. The molecule has 0 aliphatic heterocycles. The monoisotopic (exact) mass is 348 g/mol. The summed E-state index contributed by atoms with van der Waals surface area (Å²) >= 11 is 0. The van der Waals surface area contributed by atoms with Crippen molar-refractivity contribution in [3.05, 3.63) is 83.4 Å². The number of rotatable bonds is 4. The fourth-order valence-electron chi connectivity index (χ4n) is 2.76. The fourth-order valence-corrected chi connectivity index (χ4v) is 2.76. The van der Waals surface area contributed by atoms with Crippen LogP contribution in [0.3, 0.4) is 0 Å². The molecule has 0 nitrogen and oxygen atoms in total. The minimum atomic E-state index is 0.250. The van der Waals surface area contributed by atoms with Crippen LogP contribution in [0.1, 0.15) is 88.1 Å². The molecule has 0 heterocycles. The van der Waals surface area contributed by atoms with E-state index in [1.54, 1.807) is 0 Å². The Kier molecular flexibility index (Phi) is 8.08. The van der Waals surface area contributed by atoms with Gasteiger partial charge in [-0.15, -0.1) is 0 Å². The molecule has 26 heavy (non-hydrogen) atoms. The van der Waals surface area contributed by atoms with Gasteiger partial charge < -0.3 is 0 Å². The minimum absolute atomic E-state index is 0.250. The first kappa shape index (κ1) is 22.0. The van der Waals surface area contributed by atoms with Gasteiger partial charge in [0.05, 0.1) is 0 Å². The summed E-state index contributed by atoms with van der Waals surface area (Å²) in [6, 6.07) is 15.2. The van der Waals surface area contributed by atoms with Crippen molar-refractivity contribution in [1.82, 2.24) is 0 Å². The predicted octanol–water partition coefficient (Wildman–Crippen LogP) is 8.20. The topological polar surface area (TPSA) is 0 Å². The highest BCUT2D eigenvalue weighted by molar-refractivity contribution is 5.54. The second-order valence-corrected chi connectivity index (χ2v) is 8.48. The average Bonchev–Trinajstić information content (AvgIpc) is 2.60. The summed E-state index contributed by atoms with van der Waals surface area (Å²) in [5, 5.41) is 0. The van der Waals surface area contributed by atoms with E-state index in [1.165, 1.54) is 27.8 Å². The lowest BCUT2D eigenvalue weighted by Gasteiger charge is -2.18. The zero-order valence-corrected chi connectivity index (χ0v) is 17.8. The first-order valence-corrected chi connectivity index (χ1v) is 9.59. The molecule has 0 atom stereocenters. The van der Waals surface area contributed by atoms with Crippen molar-refractivity contribution >= 4 is 12.2 Å². The third-order valence-electron chi connectivity index (χ3n) is 4.63. The van der Waals surface area contributed by atoms with E-state index in [1.807, 2.05) is 12.2 Å². The third-order valence-corrected chi connectivity index (χ3v) is 4.63. The summed E-state index contributed by atoms with van der Waals surface area (Å²) in [6.45, 7) is 23.1. The Morgan fingerprint density at radius 1 is 0.769 bits per heavy atom. The lowest BCUT2D eigenvalue weighted by molar-refractivity contribution is 0.590. The molecule has 0 aromatic heterocycles. The standard InChI is InChI=1S/C14H20.C12H16/c1-6-12-7-8-13(10(2)3)9-14(12)11(4)5;1-5-10-6-8-11(9-7-10)12(2,3)4/h6-11H,1H2,2-5H3;5-9H,1H2,2-4H3. The van der Waals surface area contributed by atoms with Crippen LogP contribution >= 0.6 is 0 Å². The van der Waals surface area contributed by atoms with Gasteiger partial charge in [0, 0.05) is 0 Å². The van der Waals surface area contributed by atoms with Crippen molar-refractivity contribution < 1.29 is 0 Å². The number of hydrogen-bond acceptors (Lipinski definition) is 0. The molecular formula is C26H36. The van der Waals surface area contributed by atoms with Gasteiger partial charge >= 0.3 is 0 Å². The zero-order valence-electron chi connectivity index (χ0n) is 17.8. The zero-order chi connectivity index (χ0) is 19.9. The van der Waals surface area contributed by atoms with Gasteiger partial charge in [-0.1, -0.05) is 116 Å². The molecule has 2 aromatic carbocycles. The normalized spacial score (nSPS) is 11.1. The quantitative estimate of drug-likeness (QED) is 0.522. The molecule has 0 bridgehead atoms. The Bertz CT molecular complexity index is 707. The largest absolute Gasteiger partial charge is 0.0985 e. The molecule has 0 saturated heterocycles. The third kappa shape index (κ3) is 6.33. The lowest BCUT2D eigenvalue weighted by atomic mass is 9.87. The van der Waals surface area contributed by atoms with Crippen LogP contribution in [0, 0.1) is 0 Å². The molecule has 140 valence electrons. The highest BCUT2D eigenvalue weighted by Gasteiger charge is 2.12. The van der Waals surface area contributed by atoms with E-state index in [-0.39, 0.29) is 5.41 Å². The van der Waals surface area contributed by atoms with E-state index < -0.39 is 0 Å². The van der Waals surface area contributed by atoms with Gasteiger partial charge in [0.1, 0.15) is 0 Å². The number of hydrogen-bond donors (Lipinski definition) is 0. The number of benzene rings is 2. The van der Waals surface area contributed by atoms with E-state index in [0.717, 1.165) is 0 Å². The van der Waals surface area contributed by atoms with Crippen molar-refractivity contribution in [3.63, 3.8) is 0 Å². The highest BCUT2D eigenvalue weighted by atomic mass is 14.2. The van der Waals surface area contributed by atoms with Crippen LogP contribution in [-0.4, -0.2) is 0 Å². The van der Waals surface area contributed by atoms with Crippen LogP contribution < -0.4 is 0 Å². The molecule has 0 radical (unpaired) electrons. The van der Waals surface area contributed by atoms with Gasteiger partial charge in [-0.25, -0.2) is 0 Å². The summed E-state index contributed by atoms with van der Waals surface area (Å²) in [6.07, 6.45) is 3.81. The second kappa shape index (κ2) is 9.57. The van der Waals surface area contributed by atoms with Crippen molar-refractivity contribution in [2.45, 2.75) is 65.7 Å². The van der Waals surface area contributed by atoms with Gasteiger partial charge in [0.15, 0.2) is 0 Å². The molecule has 0 aliphatic carbocycles. The van der Waals surface area contributed by atoms with Gasteiger partial charge in [-0.2, -0.15) is 0 Å². The van der Waals surface area contributed by atoms with Gasteiger partial charge in [0.2, 0.25) is 0 Å². The van der Waals surface area contributed by atoms with Crippen LogP contribution in [0.4, 0.5) is 0 Å². The van der Waals surface area contributed by atoms with Gasteiger partial charge in [0.25, 0.3) is 0 Å². The van der Waals surface area contributed by atoms with Crippen molar-refractivity contribution in [2.75, 3.05) is 0 Å². The molecule has 0 aliphatic rings. The van der Waals surface area contributed by atoms with Crippen LogP contribution in [0.25, 0.3) is 12.2 Å². The van der Waals surface area contributed by atoms with E-state index >= 15 is 0 Å². The molecular weight excluding hydrogens is 312 g/mol. The van der Waals surface area contributed by atoms with Crippen molar-refractivity contribution in [3.8, 4) is 0 Å². The van der Waals surface area contributed by atoms with E-state index in [9.17, 15) is 0 Å². The van der Waals surface area contributed by atoms with Crippen molar-refractivity contribution in [2.24, 2.45) is 0 Å². The first-order chi connectivity index (χ1) is 12.1. The van der Waals surface area contributed by atoms with E-state index in [2.05, 4.69) is 104 Å². The van der Waals surface area contributed by atoms with Crippen LogP contribution in [0.2, 0.25) is 0 Å².